The summed E-state index contributed by atoms with van der Waals surface area (Å²) in [6, 6.07) is 3.80. The van der Waals surface area contributed by atoms with Crippen LogP contribution in [0.15, 0.2) is 24.5 Å². The van der Waals surface area contributed by atoms with E-state index in [9.17, 15) is 0 Å². The predicted molar refractivity (Wildman–Crippen MR) is 72.3 cm³/mol. The van der Waals surface area contributed by atoms with E-state index in [1.54, 1.807) is 6.20 Å². The number of ether oxygens (including phenoxy) is 1. The van der Waals surface area contributed by atoms with Gasteiger partial charge in [-0.2, -0.15) is 0 Å². The van der Waals surface area contributed by atoms with Crippen molar-refractivity contribution in [2.45, 2.75) is 20.5 Å². The van der Waals surface area contributed by atoms with Crippen molar-refractivity contribution in [3.8, 4) is 5.75 Å². The zero-order valence-corrected chi connectivity index (χ0v) is 11.6. The van der Waals surface area contributed by atoms with Gasteiger partial charge in [0, 0.05) is 5.02 Å². The number of aromatic nitrogens is 2. The van der Waals surface area contributed by atoms with Gasteiger partial charge in [0.05, 0.1) is 18.1 Å². The lowest BCUT2D eigenvalue weighted by molar-refractivity contribution is 0.300. The fourth-order valence-corrected chi connectivity index (χ4v) is 1.77. The minimum atomic E-state index is 0.352. The van der Waals surface area contributed by atoms with Crippen molar-refractivity contribution in [1.82, 2.24) is 9.97 Å². The normalized spacial score (nSPS) is 10.4. The lowest BCUT2D eigenvalue weighted by atomic mass is 10.1. The summed E-state index contributed by atoms with van der Waals surface area (Å²) in [6.45, 7) is 4.25. The first-order chi connectivity index (χ1) is 8.56. The van der Waals surface area contributed by atoms with E-state index in [2.05, 4.69) is 9.97 Å². The molecule has 0 spiro atoms. The van der Waals surface area contributed by atoms with Crippen LogP contribution in [0.1, 0.15) is 16.8 Å². The van der Waals surface area contributed by atoms with E-state index in [4.69, 9.17) is 27.9 Å². The van der Waals surface area contributed by atoms with Crippen molar-refractivity contribution in [2.24, 2.45) is 0 Å². The number of rotatable bonds is 3. The molecule has 94 valence electrons. The molecule has 0 saturated heterocycles. The fraction of sp³-hybridized carbons (Fsp3) is 0.231. The summed E-state index contributed by atoms with van der Waals surface area (Å²) in [5.41, 5.74) is 2.72. The zero-order valence-electron chi connectivity index (χ0n) is 10.1. The van der Waals surface area contributed by atoms with Crippen LogP contribution >= 0.6 is 23.2 Å². The highest BCUT2D eigenvalue weighted by molar-refractivity contribution is 6.32. The van der Waals surface area contributed by atoms with Gasteiger partial charge in [-0.1, -0.05) is 23.2 Å². The lowest BCUT2D eigenvalue weighted by Gasteiger charge is -2.09. The quantitative estimate of drug-likeness (QED) is 0.854. The Morgan fingerprint density at radius 1 is 1.06 bits per heavy atom. The molecule has 0 saturated carbocycles. The Labute approximate surface area is 116 Å². The van der Waals surface area contributed by atoms with Crippen molar-refractivity contribution in [3.05, 3.63) is 51.5 Å². The summed E-state index contributed by atoms with van der Waals surface area (Å²) in [7, 11) is 0. The molecule has 0 atom stereocenters. The second kappa shape index (κ2) is 5.55. The molecule has 0 fully saturated rings. The van der Waals surface area contributed by atoms with E-state index >= 15 is 0 Å². The summed E-state index contributed by atoms with van der Waals surface area (Å²) < 4.78 is 5.64. The third-order valence-corrected chi connectivity index (χ3v) is 3.26. The van der Waals surface area contributed by atoms with Gasteiger partial charge in [-0.15, -0.1) is 0 Å². The van der Waals surface area contributed by atoms with E-state index in [1.807, 2.05) is 26.0 Å². The van der Waals surface area contributed by atoms with Crippen molar-refractivity contribution in [2.75, 3.05) is 0 Å². The Kier molecular flexibility index (Phi) is 4.04. The number of nitrogens with zero attached hydrogens (tertiary/aromatic N) is 2. The van der Waals surface area contributed by atoms with Gasteiger partial charge in [-0.25, -0.2) is 4.98 Å². The second-order valence-electron chi connectivity index (χ2n) is 3.99. The molecule has 0 amide bonds. The monoisotopic (exact) mass is 282 g/mol. The third-order valence-electron chi connectivity index (χ3n) is 2.47. The maximum atomic E-state index is 6.09. The van der Waals surface area contributed by atoms with Gasteiger partial charge in [-0.3, -0.25) is 4.98 Å². The zero-order chi connectivity index (χ0) is 13.1. The Morgan fingerprint density at radius 2 is 1.72 bits per heavy atom. The molecule has 0 bridgehead atoms. The van der Waals surface area contributed by atoms with Crippen LogP contribution in [-0.2, 0) is 6.61 Å². The van der Waals surface area contributed by atoms with Gasteiger partial charge in [-0.05, 0) is 37.1 Å². The maximum absolute atomic E-state index is 6.09. The van der Waals surface area contributed by atoms with Crippen LogP contribution in [0.3, 0.4) is 0 Å². The Balaban J connectivity index is 2.08. The molecule has 0 aliphatic carbocycles. The molecule has 3 nitrogen and oxygen atoms in total. The van der Waals surface area contributed by atoms with E-state index in [0.29, 0.717) is 11.8 Å². The molecule has 0 aliphatic heterocycles. The number of hydrogen-bond acceptors (Lipinski definition) is 3. The van der Waals surface area contributed by atoms with E-state index in [0.717, 1.165) is 27.6 Å². The van der Waals surface area contributed by atoms with Crippen molar-refractivity contribution >= 4 is 23.2 Å². The van der Waals surface area contributed by atoms with Gasteiger partial charge in [0.15, 0.2) is 0 Å². The molecule has 2 rings (SSSR count). The molecule has 0 radical (unpaired) electrons. The molecule has 2 aromatic rings. The molecule has 1 aromatic carbocycles. The van der Waals surface area contributed by atoms with Gasteiger partial charge < -0.3 is 4.74 Å². The highest BCUT2D eigenvalue weighted by atomic mass is 35.5. The molecular weight excluding hydrogens is 271 g/mol. The largest absolute Gasteiger partial charge is 0.487 e. The first-order valence-corrected chi connectivity index (χ1v) is 6.18. The minimum absolute atomic E-state index is 0.352. The van der Waals surface area contributed by atoms with Crippen LogP contribution < -0.4 is 4.74 Å². The molecule has 0 aliphatic rings. The smallest absolute Gasteiger partial charge is 0.147 e. The maximum Gasteiger partial charge on any atom is 0.147 e. The lowest BCUT2D eigenvalue weighted by Crippen LogP contribution is -1.99. The Hall–Kier alpha value is -1.32. The molecule has 18 heavy (non-hydrogen) atoms. The third kappa shape index (κ3) is 3.12. The van der Waals surface area contributed by atoms with Gasteiger partial charge in [0.2, 0.25) is 0 Å². The number of halogens is 2. The fourth-order valence-electron chi connectivity index (χ4n) is 1.56. The van der Waals surface area contributed by atoms with Crippen molar-refractivity contribution in [1.29, 1.82) is 0 Å². The first-order valence-electron chi connectivity index (χ1n) is 5.42. The molecular formula is C13H12Cl2N2O. The SMILES string of the molecule is Cc1cc(OCc2cnc(Cl)cn2)cc(C)c1Cl. The molecule has 0 N–H and O–H groups in total. The van der Waals surface area contributed by atoms with Gasteiger partial charge in [0.1, 0.15) is 17.5 Å². The summed E-state index contributed by atoms with van der Waals surface area (Å²) in [5.74, 6) is 0.770. The summed E-state index contributed by atoms with van der Waals surface area (Å²) >= 11 is 11.8. The van der Waals surface area contributed by atoms with Gasteiger partial charge in [0.25, 0.3) is 0 Å². The topological polar surface area (TPSA) is 35.0 Å². The molecule has 1 heterocycles. The van der Waals surface area contributed by atoms with Crippen LogP contribution in [0.5, 0.6) is 5.75 Å². The van der Waals surface area contributed by atoms with Crippen molar-refractivity contribution < 1.29 is 4.74 Å². The van der Waals surface area contributed by atoms with Crippen molar-refractivity contribution in [3.63, 3.8) is 0 Å². The summed E-state index contributed by atoms with van der Waals surface area (Å²) in [6.07, 6.45) is 3.09. The standard InChI is InChI=1S/C13H12Cl2N2O/c1-8-3-11(4-9(2)13(8)15)18-7-10-5-17-12(14)6-16-10/h3-6H,7H2,1-2H3. The highest BCUT2D eigenvalue weighted by Gasteiger charge is 2.04. The molecule has 0 unspecified atom stereocenters. The number of hydrogen-bond donors (Lipinski definition) is 0. The second-order valence-corrected chi connectivity index (χ2v) is 4.76. The number of aryl methyl sites for hydroxylation is 2. The highest BCUT2D eigenvalue weighted by Crippen LogP contribution is 2.26. The average molecular weight is 283 g/mol. The Morgan fingerprint density at radius 3 is 2.28 bits per heavy atom. The summed E-state index contributed by atoms with van der Waals surface area (Å²) in [5, 5.41) is 1.14. The minimum Gasteiger partial charge on any atom is -0.487 e. The Bertz CT molecular complexity index is 532. The molecule has 5 heteroatoms. The van der Waals surface area contributed by atoms with Crippen LogP contribution in [0, 0.1) is 13.8 Å². The van der Waals surface area contributed by atoms with Crippen LogP contribution in [0.25, 0.3) is 0 Å². The van der Waals surface area contributed by atoms with E-state index in [1.165, 1.54) is 6.20 Å². The van der Waals surface area contributed by atoms with Gasteiger partial charge >= 0.3 is 0 Å². The van der Waals surface area contributed by atoms with Crippen LogP contribution in [-0.4, -0.2) is 9.97 Å². The van der Waals surface area contributed by atoms with Crippen LogP contribution in [0.2, 0.25) is 10.2 Å². The summed E-state index contributed by atoms with van der Waals surface area (Å²) in [4.78, 5) is 8.05. The predicted octanol–water partition coefficient (Wildman–Crippen LogP) is 3.98. The van der Waals surface area contributed by atoms with E-state index in [-0.39, 0.29) is 0 Å². The van der Waals surface area contributed by atoms with Crippen LogP contribution in [0.4, 0.5) is 0 Å². The first kappa shape index (κ1) is 13.1. The van der Waals surface area contributed by atoms with E-state index < -0.39 is 0 Å². The molecule has 1 aromatic heterocycles. The number of benzene rings is 1. The average Bonchev–Trinajstić information content (AvgIpc) is 2.35.